The molecule has 0 spiro atoms. The summed E-state index contributed by atoms with van der Waals surface area (Å²) in [4.78, 5) is 42.0. The van der Waals surface area contributed by atoms with E-state index in [0.717, 1.165) is 17.7 Å². The van der Waals surface area contributed by atoms with Crippen molar-refractivity contribution in [3.05, 3.63) is 71.8 Å². The number of nitrogens with zero attached hydrogens (tertiary/aromatic N) is 1. The van der Waals surface area contributed by atoms with Gasteiger partial charge in [-0.15, -0.1) is 0 Å². The first-order chi connectivity index (χ1) is 20.2. The molecule has 228 valence electrons. The smallest absolute Gasteiger partial charge is 0.249 e. The van der Waals surface area contributed by atoms with E-state index in [4.69, 9.17) is 0 Å². The number of hydrogen-bond donors (Lipinski definition) is 4. The summed E-state index contributed by atoms with van der Waals surface area (Å²) in [7, 11) is 0. The molecule has 4 atom stereocenters. The summed E-state index contributed by atoms with van der Waals surface area (Å²) in [6.45, 7) is 7.13. The Kier molecular flexibility index (Phi) is 11.2. The largest absolute Gasteiger partial charge is 0.390 e. The molecule has 0 bridgehead atoms. The summed E-state index contributed by atoms with van der Waals surface area (Å²) in [5.41, 5.74) is 1.09. The Morgan fingerprint density at radius 3 is 2.26 bits per heavy atom. The Morgan fingerprint density at radius 1 is 1.02 bits per heavy atom. The highest BCUT2D eigenvalue weighted by Gasteiger charge is 2.50. The Balaban J connectivity index is 1.55. The number of nitrogens with one attached hydrogen (secondary N) is 3. The van der Waals surface area contributed by atoms with Gasteiger partial charge in [0.25, 0.3) is 0 Å². The van der Waals surface area contributed by atoms with Gasteiger partial charge in [-0.2, -0.15) is 0 Å². The zero-order valence-electron chi connectivity index (χ0n) is 25.4. The van der Waals surface area contributed by atoms with Crippen LogP contribution in [-0.4, -0.2) is 71.1 Å². The van der Waals surface area contributed by atoms with Gasteiger partial charge < -0.3 is 26.0 Å². The highest BCUT2D eigenvalue weighted by Crippen LogP contribution is 2.32. The molecule has 8 nitrogen and oxygen atoms in total. The standard InChI is InChI=1S/C34H48N4O4/c1-24(2)21-34(37-25(3)39)18-19-38(33(34)42)30(17-16-26-10-6-4-7-11-26)32(41)36-29(20-27-12-8-5-9-13-27)31(40)23-35-22-28-14-15-28/h4-13,24,28-31,35,40H,14-23H2,1-3H3,(H,36,41)(H,37,39)/t29-,30-,31-,34+/m0/s1. The normalized spacial score (nSPS) is 20.8. The molecular weight excluding hydrogens is 528 g/mol. The van der Waals surface area contributed by atoms with Gasteiger partial charge in [-0.05, 0) is 74.5 Å². The third kappa shape index (κ3) is 8.88. The van der Waals surface area contributed by atoms with Crippen LogP contribution in [0.2, 0.25) is 0 Å². The van der Waals surface area contributed by atoms with Crippen molar-refractivity contribution in [3.63, 3.8) is 0 Å². The molecule has 1 aliphatic heterocycles. The first-order valence-electron chi connectivity index (χ1n) is 15.5. The van der Waals surface area contributed by atoms with Crippen molar-refractivity contribution in [1.82, 2.24) is 20.9 Å². The lowest BCUT2D eigenvalue weighted by Gasteiger charge is -2.34. The summed E-state index contributed by atoms with van der Waals surface area (Å²) in [5, 5.41) is 20.7. The highest BCUT2D eigenvalue weighted by molar-refractivity contribution is 5.96. The van der Waals surface area contributed by atoms with Crippen LogP contribution in [0.3, 0.4) is 0 Å². The molecule has 2 aromatic carbocycles. The van der Waals surface area contributed by atoms with Crippen molar-refractivity contribution >= 4 is 17.7 Å². The van der Waals surface area contributed by atoms with Crippen molar-refractivity contribution in [3.8, 4) is 0 Å². The van der Waals surface area contributed by atoms with Crippen LogP contribution in [0.1, 0.15) is 64.0 Å². The summed E-state index contributed by atoms with van der Waals surface area (Å²) in [6.07, 6.45) is 4.14. The van der Waals surface area contributed by atoms with E-state index >= 15 is 0 Å². The minimum atomic E-state index is -1.01. The van der Waals surface area contributed by atoms with Crippen LogP contribution in [0.15, 0.2) is 60.7 Å². The zero-order valence-corrected chi connectivity index (χ0v) is 25.4. The molecule has 2 aliphatic rings. The van der Waals surface area contributed by atoms with E-state index in [0.29, 0.717) is 51.1 Å². The van der Waals surface area contributed by atoms with Crippen LogP contribution in [0.25, 0.3) is 0 Å². The first-order valence-corrected chi connectivity index (χ1v) is 15.5. The fourth-order valence-corrected chi connectivity index (χ4v) is 6.19. The van der Waals surface area contributed by atoms with Crippen molar-refractivity contribution in [2.75, 3.05) is 19.6 Å². The summed E-state index contributed by atoms with van der Waals surface area (Å²) in [5.74, 6) is 0.139. The minimum Gasteiger partial charge on any atom is -0.390 e. The van der Waals surface area contributed by atoms with E-state index in [2.05, 4.69) is 16.0 Å². The molecule has 0 unspecified atom stereocenters. The molecule has 3 amide bonds. The van der Waals surface area contributed by atoms with Crippen LogP contribution in [0.5, 0.6) is 0 Å². The number of benzene rings is 2. The van der Waals surface area contributed by atoms with Gasteiger partial charge in [0.05, 0.1) is 12.1 Å². The number of aliphatic hydroxyl groups is 1. The molecule has 42 heavy (non-hydrogen) atoms. The van der Waals surface area contributed by atoms with Crippen molar-refractivity contribution in [1.29, 1.82) is 0 Å². The molecule has 8 heteroatoms. The maximum atomic E-state index is 14.1. The number of rotatable bonds is 16. The first kappa shape index (κ1) is 31.7. The predicted molar refractivity (Wildman–Crippen MR) is 165 cm³/mol. The van der Waals surface area contributed by atoms with E-state index in [1.807, 2.05) is 74.5 Å². The fourth-order valence-electron chi connectivity index (χ4n) is 6.19. The van der Waals surface area contributed by atoms with Crippen LogP contribution in [0, 0.1) is 11.8 Å². The third-order valence-corrected chi connectivity index (χ3v) is 8.42. The maximum Gasteiger partial charge on any atom is 0.249 e. The van der Waals surface area contributed by atoms with Gasteiger partial charge in [-0.25, -0.2) is 0 Å². The lowest BCUT2D eigenvalue weighted by Crippen LogP contribution is -2.59. The number of amides is 3. The number of carbonyl (C=O) groups excluding carboxylic acids is 3. The summed E-state index contributed by atoms with van der Waals surface area (Å²) in [6, 6.07) is 18.5. The van der Waals surface area contributed by atoms with Crippen LogP contribution >= 0.6 is 0 Å². The SMILES string of the molecule is CC(=O)N[C@@]1(CC(C)C)CCN([C@@H](CCc2ccccc2)C(=O)N[C@@H](Cc2ccccc2)[C@@H](O)CNCC2CC2)C1=O. The average Bonchev–Trinajstić information content (AvgIpc) is 3.73. The molecule has 1 aliphatic carbocycles. The average molecular weight is 577 g/mol. The van der Waals surface area contributed by atoms with Crippen LogP contribution in [-0.2, 0) is 27.2 Å². The molecule has 1 heterocycles. The van der Waals surface area contributed by atoms with Gasteiger partial charge in [0.2, 0.25) is 17.7 Å². The Morgan fingerprint density at radius 2 is 1.67 bits per heavy atom. The van der Waals surface area contributed by atoms with Gasteiger partial charge in [-0.1, -0.05) is 74.5 Å². The molecule has 1 saturated heterocycles. The quantitative estimate of drug-likeness (QED) is 0.245. The molecule has 2 aromatic rings. The molecule has 4 rings (SSSR count). The molecule has 1 saturated carbocycles. The van der Waals surface area contributed by atoms with Crippen LogP contribution < -0.4 is 16.0 Å². The van der Waals surface area contributed by atoms with Gasteiger partial charge >= 0.3 is 0 Å². The van der Waals surface area contributed by atoms with E-state index in [-0.39, 0.29) is 23.6 Å². The lowest BCUT2D eigenvalue weighted by molar-refractivity contribution is -0.143. The van der Waals surface area contributed by atoms with Gasteiger partial charge in [0.15, 0.2) is 0 Å². The van der Waals surface area contributed by atoms with Crippen molar-refractivity contribution in [2.24, 2.45) is 11.8 Å². The highest BCUT2D eigenvalue weighted by atomic mass is 16.3. The Bertz CT molecular complexity index is 1170. The van der Waals surface area contributed by atoms with Crippen LogP contribution in [0.4, 0.5) is 0 Å². The monoisotopic (exact) mass is 576 g/mol. The lowest BCUT2D eigenvalue weighted by atomic mass is 9.87. The molecule has 2 fully saturated rings. The topological polar surface area (TPSA) is 111 Å². The second kappa shape index (κ2) is 14.8. The van der Waals surface area contributed by atoms with E-state index in [1.54, 1.807) is 4.90 Å². The van der Waals surface area contributed by atoms with Crippen molar-refractivity contribution < 1.29 is 19.5 Å². The summed E-state index contributed by atoms with van der Waals surface area (Å²) < 4.78 is 0. The van der Waals surface area contributed by atoms with Gasteiger partial charge in [0.1, 0.15) is 11.6 Å². The number of carbonyl (C=O) groups is 3. The number of aryl methyl sites for hydroxylation is 1. The maximum absolute atomic E-state index is 14.1. The van der Waals surface area contributed by atoms with E-state index in [1.165, 1.54) is 19.8 Å². The fraction of sp³-hybridized carbons (Fsp3) is 0.559. The molecule has 0 aromatic heterocycles. The Labute approximate surface area is 250 Å². The van der Waals surface area contributed by atoms with Gasteiger partial charge in [-0.3, -0.25) is 14.4 Å². The van der Waals surface area contributed by atoms with Gasteiger partial charge in [0, 0.05) is 20.0 Å². The predicted octanol–water partition coefficient (Wildman–Crippen LogP) is 3.23. The molecular formula is C34H48N4O4. The zero-order chi connectivity index (χ0) is 30.1. The van der Waals surface area contributed by atoms with Crippen molar-refractivity contribution in [2.45, 2.75) is 89.4 Å². The number of aliphatic hydroxyl groups excluding tert-OH is 1. The summed E-state index contributed by atoms with van der Waals surface area (Å²) >= 11 is 0. The number of hydrogen-bond acceptors (Lipinski definition) is 5. The molecule has 0 radical (unpaired) electrons. The second-order valence-corrected chi connectivity index (χ2v) is 12.6. The van der Waals surface area contributed by atoms with E-state index < -0.39 is 23.7 Å². The third-order valence-electron chi connectivity index (χ3n) is 8.42. The number of likely N-dealkylation sites (tertiary alicyclic amines) is 1. The van der Waals surface area contributed by atoms with E-state index in [9.17, 15) is 19.5 Å². The minimum absolute atomic E-state index is 0.186. The molecule has 4 N–H and O–H groups in total. The second-order valence-electron chi connectivity index (χ2n) is 12.6. The Hall–Kier alpha value is -3.23.